The highest BCUT2D eigenvalue weighted by Crippen LogP contribution is 2.40. The van der Waals surface area contributed by atoms with Gasteiger partial charge in [-0.3, -0.25) is 9.59 Å². The maximum absolute atomic E-state index is 13.8. The standard InChI is InChI=1S/C27H37N5O4/c1-27(2,3)24(32-15-22(29-30-32)18-9-10-18)26(35)31-14-20(33)13-23(31)25(34)28-19-11-17(12-19)16-36-21-7-5-4-6-8-21/h4-8,15,17-20,23-24,33H,9-14,16H2,1-3H3,(H,28,34)/t17?,19?,20?,23?,24-/m1/s1. The number of β-amino-alcohol motifs (C(OH)–C–C–N with tert-alkyl or cyclic N) is 1. The van der Waals surface area contributed by atoms with Crippen LogP contribution >= 0.6 is 0 Å². The number of rotatable bonds is 8. The molecule has 1 aliphatic heterocycles. The second kappa shape index (κ2) is 9.84. The van der Waals surface area contributed by atoms with Crippen molar-refractivity contribution in [2.45, 2.75) is 83.0 Å². The Kier molecular flexibility index (Phi) is 6.76. The second-order valence-electron chi connectivity index (χ2n) is 11.7. The summed E-state index contributed by atoms with van der Waals surface area (Å²) in [5, 5.41) is 22.1. The van der Waals surface area contributed by atoms with Crippen LogP contribution in [0.2, 0.25) is 0 Å². The number of para-hydroxylation sites is 1. The van der Waals surface area contributed by atoms with Gasteiger partial charge in [-0.25, -0.2) is 4.68 Å². The molecule has 2 heterocycles. The molecule has 2 aromatic rings. The normalized spacial score (nSPS) is 26.8. The average molecular weight is 496 g/mol. The number of carbonyl (C=O) groups is 2. The minimum absolute atomic E-state index is 0.0615. The molecule has 1 aromatic heterocycles. The van der Waals surface area contributed by atoms with Gasteiger partial charge in [-0.15, -0.1) is 5.10 Å². The highest BCUT2D eigenvalue weighted by atomic mass is 16.5. The molecule has 0 radical (unpaired) electrons. The van der Waals surface area contributed by atoms with Crippen molar-refractivity contribution in [3.63, 3.8) is 0 Å². The van der Waals surface area contributed by atoms with Crippen molar-refractivity contribution in [1.82, 2.24) is 25.2 Å². The number of nitrogens with zero attached hydrogens (tertiary/aromatic N) is 4. The third kappa shape index (κ3) is 5.40. The van der Waals surface area contributed by atoms with Crippen LogP contribution in [-0.2, 0) is 9.59 Å². The molecular formula is C27H37N5O4. The van der Waals surface area contributed by atoms with Crippen LogP contribution in [0.25, 0.3) is 0 Å². The molecule has 2 unspecified atom stereocenters. The summed E-state index contributed by atoms with van der Waals surface area (Å²) in [5.41, 5.74) is 0.476. The maximum atomic E-state index is 13.8. The summed E-state index contributed by atoms with van der Waals surface area (Å²) in [5.74, 6) is 1.28. The van der Waals surface area contributed by atoms with Gasteiger partial charge in [0.15, 0.2) is 0 Å². The number of aromatic nitrogens is 3. The summed E-state index contributed by atoms with van der Waals surface area (Å²) < 4.78 is 7.49. The topological polar surface area (TPSA) is 110 Å². The Labute approximate surface area is 212 Å². The number of aliphatic hydroxyl groups excluding tert-OH is 1. The van der Waals surface area contributed by atoms with Gasteiger partial charge in [0.25, 0.3) is 0 Å². The van der Waals surface area contributed by atoms with E-state index in [9.17, 15) is 14.7 Å². The largest absolute Gasteiger partial charge is 0.493 e. The zero-order valence-corrected chi connectivity index (χ0v) is 21.3. The summed E-state index contributed by atoms with van der Waals surface area (Å²) in [6.07, 6.45) is 5.29. The van der Waals surface area contributed by atoms with Crippen LogP contribution in [0.4, 0.5) is 0 Å². The molecule has 3 atom stereocenters. The molecule has 5 rings (SSSR count). The molecule has 1 aromatic carbocycles. The highest BCUT2D eigenvalue weighted by molar-refractivity contribution is 5.90. The first-order valence-electron chi connectivity index (χ1n) is 13.1. The van der Waals surface area contributed by atoms with E-state index in [1.165, 1.54) is 0 Å². The van der Waals surface area contributed by atoms with Gasteiger partial charge in [0.2, 0.25) is 11.8 Å². The molecular weight excluding hydrogens is 458 g/mol. The number of carbonyl (C=O) groups excluding carboxylic acids is 2. The molecule has 36 heavy (non-hydrogen) atoms. The zero-order chi connectivity index (χ0) is 25.4. The van der Waals surface area contributed by atoms with Crippen molar-refractivity contribution in [3.8, 4) is 5.75 Å². The fraction of sp³-hybridized carbons (Fsp3) is 0.630. The van der Waals surface area contributed by atoms with Crippen LogP contribution in [0.5, 0.6) is 5.75 Å². The van der Waals surface area contributed by atoms with Gasteiger partial charge in [0.1, 0.15) is 17.8 Å². The summed E-state index contributed by atoms with van der Waals surface area (Å²) in [6.45, 7) is 6.73. The minimum Gasteiger partial charge on any atom is -0.493 e. The Bertz CT molecular complexity index is 1070. The fourth-order valence-electron chi connectivity index (χ4n) is 5.34. The highest BCUT2D eigenvalue weighted by Gasteiger charge is 2.46. The summed E-state index contributed by atoms with van der Waals surface area (Å²) in [6, 6.07) is 8.48. The van der Waals surface area contributed by atoms with Crippen LogP contribution in [0.3, 0.4) is 0 Å². The molecule has 3 aliphatic rings. The van der Waals surface area contributed by atoms with E-state index < -0.39 is 23.6 Å². The number of nitrogens with one attached hydrogen (secondary N) is 1. The number of aliphatic hydroxyl groups is 1. The van der Waals surface area contributed by atoms with E-state index in [1.54, 1.807) is 9.58 Å². The fourth-order valence-corrected chi connectivity index (χ4v) is 5.34. The molecule has 9 heteroatoms. The van der Waals surface area contributed by atoms with Gasteiger partial charge in [-0.1, -0.05) is 44.2 Å². The molecule has 1 saturated heterocycles. The van der Waals surface area contributed by atoms with Gasteiger partial charge in [-0.2, -0.15) is 0 Å². The van der Waals surface area contributed by atoms with Crippen LogP contribution in [0.1, 0.15) is 70.5 Å². The van der Waals surface area contributed by atoms with Gasteiger partial charge in [0, 0.05) is 31.1 Å². The monoisotopic (exact) mass is 495 g/mol. The van der Waals surface area contributed by atoms with Crippen molar-refractivity contribution >= 4 is 11.8 Å². The quantitative estimate of drug-likeness (QED) is 0.583. The van der Waals surface area contributed by atoms with Crippen molar-refractivity contribution in [1.29, 1.82) is 0 Å². The van der Waals surface area contributed by atoms with E-state index in [-0.39, 0.29) is 30.8 Å². The number of likely N-dealkylation sites (tertiary alicyclic amines) is 1. The number of amides is 2. The molecule has 3 fully saturated rings. The van der Waals surface area contributed by atoms with Crippen LogP contribution < -0.4 is 10.1 Å². The van der Waals surface area contributed by atoms with Gasteiger partial charge >= 0.3 is 0 Å². The molecule has 0 spiro atoms. The Hall–Kier alpha value is -2.94. The Morgan fingerprint density at radius 1 is 1.17 bits per heavy atom. The number of benzene rings is 1. The van der Waals surface area contributed by atoms with Gasteiger partial charge in [-0.05, 0) is 49.1 Å². The number of hydrogen-bond acceptors (Lipinski definition) is 6. The van der Waals surface area contributed by atoms with Crippen LogP contribution in [-0.4, -0.2) is 68.2 Å². The predicted molar refractivity (Wildman–Crippen MR) is 133 cm³/mol. The third-order valence-corrected chi connectivity index (χ3v) is 7.52. The lowest BCUT2D eigenvalue weighted by Gasteiger charge is -2.38. The minimum atomic E-state index is -0.725. The van der Waals surface area contributed by atoms with E-state index in [2.05, 4.69) is 15.6 Å². The molecule has 0 bridgehead atoms. The van der Waals surface area contributed by atoms with Crippen molar-refractivity contribution in [3.05, 3.63) is 42.2 Å². The zero-order valence-electron chi connectivity index (χ0n) is 21.3. The maximum Gasteiger partial charge on any atom is 0.248 e. The lowest BCUT2D eigenvalue weighted by molar-refractivity contribution is -0.144. The first kappa shape index (κ1) is 24.7. The van der Waals surface area contributed by atoms with Crippen molar-refractivity contribution in [2.75, 3.05) is 13.2 Å². The predicted octanol–water partition coefficient (Wildman–Crippen LogP) is 2.68. The summed E-state index contributed by atoms with van der Waals surface area (Å²) in [4.78, 5) is 28.6. The number of ether oxygens (including phenoxy) is 1. The first-order valence-corrected chi connectivity index (χ1v) is 13.1. The molecule has 194 valence electrons. The van der Waals surface area contributed by atoms with Gasteiger partial charge < -0.3 is 20.1 Å². The smallest absolute Gasteiger partial charge is 0.248 e. The third-order valence-electron chi connectivity index (χ3n) is 7.52. The molecule has 2 aliphatic carbocycles. The van der Waals surface area contributed by atoms with Crippen molar-refractivity contribution < 1.29 is 19.4 Å². The number of hydrogen-bond donors (Lipinski definition) is 2. The van der Waals surface area contributed by atoms with E-state index in [0.717, 1.165) is 37.1 Å². The van der Waals surface area contributed by atoms with E-state index >= 15 is 0 Å². The lowest BCUT2D eigenvalue weighted by Crippen LogP contribution is -2.54. The Morgan fingerprint density at radius 2 is 1.89 bits per heavy atom. The lowest BCUT2D eigenvalue weighted by atomic mass is 9.80. The molecule has 2 amide bonds. The molecule has 9 nitrogen and oxygen atoms in total. The van der Waals surface area contributed by atoms with E-state index in [1.807, 2.05) is 57.3 Å². The van der Waals surface area contributed by atoms with E-state index in [0.29, 0.717) is 18.4 Å². The Morgan fingerprint density at radius 3 is 2.56 bits per heavy atom. The molecule has 2 N–H and O–H groups in total. The Balaban J connectivity index is 1.20. The summed E-state index contributed by atoms with van der Waals surface area (Å²) in [7, 11) is 0. The van der Waals surface area contributed by atoms with Crippen LogP contribution in [0, 0.1) is 11.3 Å². The van der Waals surface area contributed by atoms with Gasteiger partial charge in [0.05, 0.1) is 18.4 Å². The van der Waals surface area contributed by atoms with Crippen LogP contribution in [0.15, 0.2) is 36.5 Å². The average Bonchev–Trinajstić information content (AvgIpc) is 3.42. The van der Waals surface area contributed by atoms with Crippen molar-refractivity contribution in [2.24, 2.45) is 11.3 Å². The first-order chi connectivity index (χ1) is 17.2. The molecule has 2 saturated carbocycles. The van der Waals surface area contributed by atoms with E-state index in [4.69, 9.17) is 4.74 Å². The SMILES string of the molecule is CC(C)(C)[C@@H](C(=O)N1CC(O)CC1C(=O)NC1CC(COc2ccccc2)C1)n1cc(C2CC2)nn1. The summed E-state index contributed by atoms with van der Waals surface area (Å²) >= 11 is 0. The second-order valence-corrected chi connectivity index (χ2v) is 11.7.